The molecule has 5 nitrogen and oxygen atoms in total. The molecule has 0 radical (unpaired) electrons. The van der Waals surface area contributed by atoms with E-state index in [2.05, 4.69) is 34.5 Å². The normalized spacial score (nSPS) is 18.7. The Kier molecular flexibility index (Phi) is 8.97. The van der Waals surface area contributed by atoms with Gasteiger partial charge in [-0.3, -0.25) is 4.90 Å². The predicted molar refractivity (Wildman–Crippen MR) is 114 cm³/mol. The third-order valence-corrected chi connectivity index (χ3v) is 5.10. The first kappa shape index (κ1) is 21.7. The molecule has 2 rings (SSSR count). The number of thiophene rings is 1. The Bertz CT molecular complexity index is 503. The van der Waals surface area contributed by atoms with Crippen LogP contribution in [0.2, 0.25) is 0 Å². The van der Waals surface area contributed by atoms with Gasteiger partial charge in [0.05, 0.1) is 6.54 Å². The summed E-state index contributed by atoms with van der Waals surface area (Å²) in [6.07, 6.45) is 2.64. The van der Waals surface area contributed by atoms with Crippen molar-refractivity contribution in [1.82, 2.24) is 15.5 Å². The third-order valence-electron chi connectivity index (χ3n) is 4.42. The number of hydrogen-bond acceptors (Lipinski definition) is 4. The summed E-state index contributed by atoms with van der Waals surface area (Å²) in [4.78, 5) is 6.99. The second kappa shape index (κ2) is 9.94. The quantitative estimate of drug-likeness (QED) is 0.313. The molecule has 1 aromatic rings. The molecule has 2 unspecified atom stereocenters. The molecule has 0 amide bonds. The van der Waals surface area contributed by atoms with Gasteiger partial charge in [0.1, 0.15) is 5.60 Å². The smallest absolute Gasteiger partial charge is 0.191 e. The summed E-state index contributed by atoms with van der Waals surface area (Å²) in [6, 6.07) is 3.17. The van der Waals surface area contributed by atoms with E-state index >= 15 is 0 Å². The van der Waals surface area contributed by atoms with E-state index in [0.29, 0.717) is 12.6 Å². The summed E-state index contributed by atoms with van der Waals surface area (Å²) in [6.45, 7) is 8.08. The Morgan fingerprint density at radius 1 is 1.50 bits per heavy atom. The number of nitrogens with one attached hydrogen (secondary N) is 2. The number of rotatable bonds is 8. The molecule has 0 saturated heterocycles. The summed E-state index contributed by atoms with van der Waals surface area (Å²) >= 11 is 1.59. The van der Waals surface area contributed by atoms with Gasteiger partial charge in [0.25, 0.3) is 0 Å². The lowest BCUT2D eigenvalue weighted by atomic mass is 10.00. The molecule has 0 aromatic carbocycles. The van der Waals surface area contributed by atoms with Gasteiger partial charge < -0.3 is 15.7 Å². The molecule has 1 aliphatic carbocycles. The molecule has 0 bridgehead atoms. The number of aliphatic imine (C=N–C) groups is 1. The standard InChI is InChI=1S/C17H30N4OS.HI/c1-5-18-16(19-10-13(2)21(4)15-6-7-15)20-12-17(3,22)14-8-9-23-11-14;/h8-9,11,13,15,22H,5-7,10,12H2,1-4H3,(H2,18,19,20);1H. The van der Waals surface area contributed by atoms with E-state index in [1.807, 2.05) is 30.7 Å². The molecule has 3 N–H and O–H groups in total. The Morgan fingerprint density at radius 3 is 2.75 bits per heavy atom. The minimum atomic E-state index is -0.932. The summed E-state index contributed by atoms with van der Waals surface area (Å²) in [5.74, 6) is 0.763. The van der Waals surface area contributed by atoms with Crippen LogP contribution in [0.1, 0.15) is 39.2 Å². The number of hydrogen-bond donors (Lipinski definition) is 3. The average Bonchev–Trinajstić information content (AvgIpc) is 3.22. The van der Waals surface area contributed by atoms with Crippen LogP contribution in [0.15, 0.2) is 21.8 Å². The molecular formula is C17H31IN4OS. The predicted octanol–water partition coefficient (Wildman–Crippen LogP) is 2.61. The van der Waals surface area contributed by atoms with Crippen LogP contribution in [0, 0.1) is 0 Å². The molecule has 1 heterocycles. The fourth-order valence-electron chi connectivity index (χ4n) is 2.47. The maximum Gasteiger partial charge on any atom is 0.191 e. The summed E-state index contributed by atoms with van der Waals surface area (Å²) in [5, 5.41) is 21.2. The second-order valence-corrected chi connectivity index (χ2v) is 7.39. The zero-order valence-corrected chi connectivity index (χ0v) is 18.2. The van der Waals surface area contributed by atoms with Crippen molar-refractivity contribution in [3.8, 4) is 0 Å². The molecule has 138 valence electrons. The van der Waals surface area contributed by atoms with Gasteiger partial charge in [0.2, 0.25) is 0 Å². The highest BCUT2D eigenvalue weighted by Gasteiger charge is 2.29. The van der Waals surface area contributed by atoms with Crippen molar-refractivity contribution >= 4 is 41.3 Å². The third kappa shape index (κ3) is 6.50. The summed E-state index contributed by atoms with van der Waals surface area (Å²) < 4.78 is 0. The van der Waals surface area contributed by atoms with Gasteiger partial charge in [0, 0.05) is 25.2 Å². The van der Waals surface area contributed by atoms with Crippen molar-refractivity contribution in [3.63, 3.8) is 0 Å². The molecule has 24 heavy (non-hydrogen) atoms. The molecule has 7 heteroatoms. The lowest BCUT2D eigenvalue weighted by molar-refractivity contribution is 0.0677. The molecule has 2 atom stereocenters. The first-order valence-corrected chi connectivity index (χ1v) is 9.37. The molecular weight excluding hydrogens is 435 g/mol. The van der Waals surface area contributed by atoms with Crippen LogP contribution < -0.4 is 10.6 Å². The first-order valence-electron chi connectivity index (χ1n) is 8.43. The lowest BCUT2D eigenvalue weighted by Gasteiger charge is -2.26. The van der Waals surface area contributed by atoms with Crippen molar-refractivity contribution in [2.75, 3.05) is 26.7 Å². The molecule has 1 aromatic heterocycles. The van der Waals surface area contributed by atoms with Crippen molar-refractivity contribution in [3.05, 3.63) is 22.4 Å². The summed E-state index contributed by atoms with van der Waals surface area (Å²) in [7, 11) is 2.19. The van der Waals surface area contributed by atoms with E-state index in [1.54, 1.807) is 11.3 Å². The minimum absolute atomic E-state index is 0. The first-order chi connectivity index (χ1) is 10.9. The average molecular weight is 466 g/mol. The SMILES string of the molecule is CCNC(=NCC(C)(O)c1ccsc1)NCC(C)N(C)C1CC1.I. The van der Waals surface area contributed by atoms with Crippen molar-refractivity contribution < 1.29 is 5.11 Å². The Labute approximate surface area is 167 Å². The van der Waals surface area contributed by atoms with Gasteiger partial charge in [-0.05, 0) is 63.1 Å². The van der Waals surface area contributed by atoms with Gasteiger partial charge in [0.15, 0.2) is 5.96 Å². The van der Waals surface area contributed by atoms with E-state index in [4.69, 9.17) is 0 Å². The fraction of sp³-hybridized carbons (Fsp3) is 0.706. The van der Waals surface area contributed by atoms with Gasteiger partial charge in [-0.25, -0.2) is 4.99 Å². The van der Waals surface area contributed by atoms with E-state index in [1.165, 1.54) is 12.8 Å². The number of guanidine groups is 1. The van der Waals surface area contributed by atoms with E-state index in [9.17, 15) is 5.11 Å². The largest absolute Gasteiger partial charge is 0.383 e. The zero-order chi connectivity index (χ0) is 16.9. The van der Waals surface area contributed by atoms with Crippen LogP contribution >= 0.6 is 35.3 Å². The maximum atomic E-state index is 10.6. The van der Waals surface area contributed by atoms with Crippen molar-refractivity contribution in [2.45, 2.75) is 51.3 Å². The molecule has 1 saturated carbocycles. The highest BCUT2D eigenvalue weighted by Crippen LogP contribution is 2.26. The fourth-order valence-corrected chi connectivity index (χ4v) is 3.25. The van der Waals surface area contributed by atoms with E-state index in [0.717, 1.165) is 30.7 Å². The van der Waals surface area contributed by atoms with Crippen LogP contribution in [-0.2, 0) is 5.60 Å². The van der Waals surface area contributed by atoms with E-state index < -0.39 is 5.60 Å². The van der Waals surface area contributed by atoms with Crippen molar-refractivity contribution in [2.24, 2.45) is 4.99 Å². The number of halogens is 1. The van der Waals surface area contributed by atoms with Gasteiger partial charge in [-0.2, -0.15) is 11.3 Å². The lowest BCUT2D eigenvalue weighted by Crippen LogP contribution is -2.46. The van der Waals surface area contributed by atoms with E-state index in [-0.39, 0.29) is 24.0 Å². The Morgan fingerprint density at radius 2 is 2.21 bits per heavy atom. The van der Waals surface area contributed by atoms with Gasteiger partial charge in [-0.15, -0.1) is 24.0 Å². The topological polar surface area (TPSA) is 59.9 Å². The zero-order valence-electron chi connectivity index (χ0n) is 15.1. The van der Waals surface area contributed by atoms with Crippen LogP contribution in [0.3, 0.4) is 0 Å². The molecule has 0 aliphatic heterocycles. The van der Waals surface area contributed by atoms with Gasteiger partial charge >= 0.3 is 0 Å². The maximum absolute atomic E-state index is 10.6. The van der Waals surface area contributed by atoms with Crippen LogP contribution in [0.5, 0.6) is 0 Å². The second-order valence-electron chi connectivity index (χ2n) is 6.61. The molecule has 1 fully saturated rings. The highest BCUT2D eigenvalue weighted by molar-refractivity contribution is 14.0. The van der Waals surface area contributed by atoms with Crippen LogP contribution in [0.4, 0.5) is 0 Å². The molecule has 0 spiro atoms. The number of likely N-dealkylation sites (N-methyl/N-ethyl adjacent to an activating group) is 1. The van der Waals surface area contributed by atoms with Crippen molar-refractivity contribution in [1.29, 1.82) is 0 Å². The summed E-state index contributed by atoms with van der Waals surface area (Å²) in [5.41, 5.74) is -0.0115. The Balaban J connectivity index is 0.00000288. The number of aliphatic hydroxyl groups is 1. The molecule has 1 aliphatic rings. The van der Waals surface area contributed by atoms with Crippen LogP contribution in [0.25, 0.3) is 0 Å². The Hall–Kier alpha value is -0.380. The highest BCUT2D eigenvalue weighted by atomic mass is 127. The monoisotopic (exact) mass is 466 g/mol. The van der Waals surface area contributed by atoms with Crippen LogP contribution in [-0.4, -0.2) is 54.7 Å². The number of nitrogens with zero attached hydrogens (tertiary/aromatic N) is 2. The minimum Gasteiger partial charge on any atom is -0.383 e. The van der Waals surface area contributed by atoms with Gasteiger partial charge in [-0.1, -0.05) is 0 Å².